The average molecular weight is 303 g/mol. The molecule has 2 aliphatic heterocycles. The zero-order valence-corrected chi connectivity index (χ0v) is 14.2. The van der Waals surface area contributed by atoms with Gasteiger partial charge >= 0.3 is 0 Å². The molecule has 4 nitrogen and oxygen atoms in total. The molecule has 0 amide bonds. The van der Waals surface area contributed by atoms with E-state index in [-0.39, 0.29) is 0 Å². The fourth-order valence-corrected chi connectivity index (χ4v) is 3.71. The number of methoxy groups -OCH3 is 1. The number of ether oxygens (including phenoxy) is 1. The second kappa shape index (κ2) is 6.88. The van der Waals surface area contributed by atoms with Crippen LogP contribution in [-0.2, 0) is 0 Å². The van der Waals surface area contributed by atoms with Gasteiger partial charge < -0.3 is 14.5 Å². The van der Waals surface area contributed by atoms with Gasteiger partial charge in [0.15, 0.2) is 0 Å². The lowest BCUT2D eigenvalue weighted by molar-refractivity contribution is 0.115. The van der Waals surface area contributed by atoms with Gasteiger partial charge in [0.25, 0.3) is 0 Å². The van der Waals surface area contributed by atoms with Gasteiger partial charge in [-0.05, 0) is 51.5 Å². The molecule has 0 radical (unpaired) electrons. The van der Waals surface area contributed by atoms with Crippen molar-refractivity contribution < 1.29 is 4.74 Å². The zero-order chi connectivity index (χ0) is 15.5. The lowest BCUT2D eigenvalue weighted by atomic mass is 10.0. The number of nitrogens with zero attached hydrogens (tertiary/aromatic N) is 3. The number of anilines is 1. The third kappa shape index (κ3) is 3.39. The molecule has 2 saturated heterocycles. The SMILES string of the molecule is COc1cc(N2CCN(C3CCN(C)CC3)CC2)ccc1C. The molecule has 2 heterocycles. The third-order valence-corrected chi connectivity index (χ3v) is 5.28. The minimum Gasteiger partial charge on any atom is -0.496 e. The van der Waals surface area contributed by atoms with Crippen LogP contribution in [0.1, 0.15) is 18.4 Å². The Morgan fingerprint density at radius 3 is 2.32 bits per heavy atom. The number of hydrogen-bond acceptors (Lipinski definition) is 4. The van der Waals surface area contributed by atoms with Crippen molar-refractivity contribution in [2.75, 3.05) is 58.3 Å². The summed E-state index contributed by atoms with van der Waals surface area (Å²) in [6.07, 6.45) is 2.66. The molecule has 0 bridgehead atoms. The number of hydrogen-bond donors (Lipinski definition) is 0. The predicted octanol–water partition coefficient (Wildman–Crippen LogP) is 2.22. The van der Waals surface area contributed by atoms with E-state index < -0.39 is 0 Å². The van der Waals surface area contributed by atoms with Gasteiger partial charge in [-0.25, -0.2) is 0 Å². The second-order valence-electron chi connectivity index (χ2n) is 6.71. The summed E-state index contributed by atoms with van der Waals surface area (Å²) < 4.78 is 5.46. The first kappa shape index (κ1) is 15.6. The van der Waals surface area contributed by atoms with Gasteiger partial charge in [0.1, 0.15) is 5.75 Å². The van der Waals surface area contributed by atoms with E-state index in [2.05, 4.69) is 46.9 Å². The summed E-state index contributed by atoms with van der Waals surface area (Å²) in [7, 11) is 3.99. The van der Waals surface area contributed by atoms with E-state index >= 15 is 0 Å². The molecule has 0 aliphatic carbocycles. The normalized spacial score (nSPS) is 22.0. The standard InChI is InChI=1S/C18H29N3O/c1-15-4-5-17(14-18(15)22-3)21-12-10-20(11-13-21)16-6-8-19(2)9-7-16/h4-5,14,16H,6-13H2,1-3H3. The average Bonchev–Trinajstić information content (AvgIpc) is 2.56. The molecule has 122 valence electrons. The van der Waals surface area contributed by atoms with Crippen LogP contribution in [0.4, 0.5) is 5.69 Å². The van der Waals surface area contributed by atoms with Gasteiger partial charge in [0.05, 0.1) is 7.11 Å². The van der Waals surface area contributed by atoms with Crippen LogP contribution in [0, 0.1) is 6.92 Å². The Bertz CT molecular complexity index is 489. The van der Waals surface area contributed by atoms with Crippen LogP contribution in [-0.4, -0.2) is 69.3 Å². The van der Waals surface area contributed by atoms with Crippen molar-refractivity contribution in [3.63, 3.8) is 0 Å². The van der Waals surface area contributed by atoms with Crippen molar-refractivity contribution in [2.45, 2.75) is 25.8 Å². The number of piperazine rings is 1. The van der Waals surface area contributed by atoms with Crippen molar-refractivity contribution in [2.24, 2.45) is 0 Å². The fraction of sp³-hybridized carbons (Fsp3) is 0.667. The molecule has 0 atom stereocenters. The molecular formula is C18H29N3O. The molecule has 1 aromatic rings. The van der Waals surface area contributed by atoms with E-state index in [0.29, 0.717) is 0 Å². The van der Waals surface area contributed by atoms with E-state index in [1.165, 1.54) is 50.3 Å². The quantitative estimate of drug-likeness (QED) is 0.852. The van der Waals surface area contributed by atoms with E-state index in [4.69, 9.17) is 4.74 Å². The van der Waals surface area contributed by atoms with Crippen molar-refractivity contribution in [1.29, 1.82) is 0 Å². The summed E-state index contributed by atoms with van der Waals surface area (Å²) in [5.41, 5.74) is 2.50. The van der Waals surface area contributed by atoms with Crippen molar-refractivity contribution in [3.8, 4) is 5.75 Å². The van der Waals surface area contributed by atoms with E-state index in [9.17, 15) is 0 Å². The molecular weight excluding hydrogens is 274 g/mol. The fourth-order valence-electron chi connectivity index (χ4n) is 3.71. The topological polar surface area (TPSA) is 19.0 Å². The molecule has 2 fully saturated rings. The van der Waals surface area contributed by atoms with Crippen LogP contribution < -0.4 is 9.64 Å². The maximum absolute atomic E-state index is 5.46. The third-order valence-electron chi connectivity index (χ3n) is 5.28. The monoisotopic (exact) mass is 303 g/mol. The van der Waals surface area contributed by atoms with Crippen LogP contribution in [0.3, 0.4) is 0 Å². The molecule has 0 unspecified atom stereocenters. The Morgan fingerprint density at radius 1 is 1.00 bits per heavy atom. The Balaban J connectivity index is 1.57. The number of rotatable bonds is 3. The highest BCUT2D eigenvalue weighted by molar-refractivity contribution is 5.53. The smallest absolute Gasteiger partial charge is 0.123 e. The summed E-state index contributed by atoms with van der Waals surface area (Å²) in [6.45, 7) is 9.22. The molecule has 0 spiro atoms. The van der Waals surface area contributed by atoms with Crippen molar-refractivity contribution in [1.82, 2.24) is 9.80 Å². The van der Waals surface area contributed by atoms with Crippen LogP contribution in [0.15, 0.2) is 18.2 Å². The first-order valence-corrected chi connectivity index (χ1v) is 8.49. The zero-order valence-electron chi connectivity index (χ0n) is 14.2. The largest absolute Gasteiger partial charge is 0.496 e. The summed E-state index contributed by atoms with van der Waals surface area (Å²) in [5.74, 6) is 0.996. The highest BCUT2D eigenvalue weighted by atomic mass is 16.5. The van der Waals surface area contributed by atoms with Gasteiger partial charge in [-0.15, -0.1) is 0 Å². The van der Waals surface area contributed by atoms with Gasteiger partial charge in [0, 0.05) is 44.0 Å². The van der Waals surface area contributed by atoms with Gasteiger partial charge in [0.2, 0.25) is 0 Å². The summed E-state index contributed by atoms with van der Waals surface area (Å²) in [6, 6.07) is 7.37. The summed E-state index contributed by atoms with van der Waals surface area (Å²) in [5, 5.41) is 0. The van der Waals surface area contributed by atoms with Crippen molar-refractivity contribution >= 4 is 5.69 Å². The first-order valence-electron chi connectivity index (χ1n) is 8.49. The highest BCUT2D eigenvalue weighted by Gasteiger charge is 2.26. The highest BCUT2D eigenvalue weighted by Crippen LogP contribution is 2.26. The molecule has 3 rings (SSSR count). The number of piperidine rings is 1. The summed E-state index contributed by atoms with van der Waals surface area (Å²) >= 11 is 0. The Labute approximate surface area is 134 Å². The Hall–Kier alpha value is -1.26. The van der Waals surface area contributed by atoms with Gasteiger partial charge in [-0.2, -0.15) is 0 Å². The maximum atomic E-state index is 5.46. The molecule has 0 aromatic heterocycles. The van der Waals surface area contributed by atoms with Crippen LogP contribution >= 0.6 is 0 Å². The Morgan fingerprint density at radius 2 is 1.68 bits per heavy atom. The van der Waals surface area contributed by atoms with E-state index in [0.717, 1.165) is 24.9 Å². The first-order chi connectivity index (χ1) is 10.7. The summed E-state index contributed by atoms with van der Waals surface area (Å²) in [4.78, 5) is 7.65. The van der Waals surface area contributed by atoms with Crippen LogP contribution in [0.25, 0.3) is 0 Å². The molecule has 2 aliphatic rings. The minimum absolute atomic E-state index is 0.797. The number of likely N-dealkylation sites (tertiary alicyclic amines) is 1. The van der Waals surface area contributed by atoms with Crippen LogP contribution in [0.5, 0.6) is 5.75 Å². The predicted molar refractivity (Wildman–Crippen MR) is 92.0 cm³/mol. The maximum Gasteiger partial charge on any atom is 0.123 e. The van der Waals surface area contributed by atoms with Crippen molar-refractivity contribution in [3.05, 3.63) is 23.8 Å². The van der Waals surface area contributed by atoms with E-state index in [1.807, 2.05) is 0 Å². The van der Waals surface area contributed by atoms with Crippen LogP contribution in [0.2, 0.25) is 0 Å². The molecule has 0 saturated carbocycles. The number of aryl methyl sites for hydroxylation is 1. The molecule has 1 aromatic carbocycles. The lowest BCUT2D eigenvalue weighted by Gasteiger charge is -2.43. The molecule has 0 N–H and O–H groups in total. The number of benzene rings is 1. The second-order valence-corrected chi connectivity index (χ2v) is 6.71. The van der Waals surface area contributed by atoms with Gasteiger partial charge in [-0.1, -0.05) is 6.07 Å². The molecule has 4 heteroatoms. The van der Waals surface area contributed by atoms with Gasteiger partial charge in [-0.3, -0.25) is 4.90 Å². The van der Waals surface area contributed by atoms with E-state index in [1.54, 1.807) is 7.11 Å². The molecule has 22 heavy (non-hydrogen) atoms. The Kier molecular flexibility index (Phi) is 4.89. The lowest BCUT2D eigenvalue weighted by Crippen LogP contribution is -2.53. The minimum atomic E-state index is 0.797.